The van der Waals surface area contributed by atoms with Crippen LogP contribution in [-0.4, -0.2) is 38.2 Å². The van der Waals surface area contributed by atoms with Crippen molar-refractivity contribution in [2.45, 2.75) is 29.7 Å². The number of aryl methyl sites for hydroxylation is 1. The van der Waals surface area contributed by atoms with Gasteiger partial charge in [-0.1, -0.05) is 30.3 Å². The number of nitrogens with one attached hydrogen (secondary N) is 1. The van der Waals surface area contributed by atoms with Gasteiger partial charge in [0.25, 0.3) is 5.91 Å². The fourth-order valence-corrected chi connectivity index (χ4v) is 3.99. The molecule has 0 radical (unpaired) electrons. The molecule has 0 bridgehead atoms. The summed E-state index contributed by atoms with van der Waals surface area (Å²) in [6, 6.07) is 11.8. The van der Waals surface area contributed by atoms with Crippen LogP contribution in [0.15, 0.2) is 60.0 Å². The zero-order valence-electron chi connectivity index (χ0n) is 15.7. The van der Waals surface area contributed by atoms with Gasteiger partial charge in [0.1, 0.15) is 16.9 Å². The Bertz CT molecular complexity index is 945. The van der Waals surface area contributed by atoms with E-state index in [2.05, 4.69) is 32.5 Å². The van der Waals surface area contributed by atoms with Crippen molar-refractivity contribution in [3.63, 3.8) is 0 Å². The summed E-state index contributed by atoms with van der Waals surface area (Å²) >= 11 is 1.63. The fourth-order valence-electron chi connectivity index (χ4n) is 3.18. The Morgan fingerprint density at radius 1 is 1.21 bits per heavy atom. The van der Waals surface area contributed by atoms with Gasteiger partial charge in [0.2, 0.25) is 0 Å². The van der Waals surface area contributed by atoms with E-state index in [0.717, 1.165) is 23.6 Å². The smallest absolute Gasteiger partial charge is 0.250 e. The van der Waals surface area contributed by atoms with Gasteiger partial charge in [0, 0.05) is 31.6 Å². The van der Waals surface area contributed by atoms with Crippen LogP contribution in [-0.2, 0) is 17.6 Å². The lowest BCUT2D eigenvalue weighted by Gasteiger charge is -2.31. The number of anilines is 2. The van der Waals surface area contributed by atoms with E-state index in [4.69, 9.17) is 0 Å². The zero-order chi connectivity index (χ0) is 19.3. The molecule has 28 heavy (non-hydrogen) atoms. The Kier molecular flexibility index (Phi) is 5.57. The number of hydrogen-bond donors (Lipinski definition) is 1. The first-order chi connectivity index (χ1) is 13.7. The summed E-state index contributed by atoms with van der Waals surface area (Å²) in [6.07, 6.45) is 6.95. The van der Waals surface area contributed by atoms with E-state index in [-0.39, 0.29) is 11.9 Å². The lowest BCUT2D eigenvalue weighted by atomic mass is 10.0. The molecule has 8 heteroatoms. The van der Waals surface area contributed by atoms with E-state index in [0.29, 0.717) is 18.2 Å². The molecule has 2 aromatic heterocycles. The highest BCUT2D eigenvalue weighted by molar-refractivity contribution is 7.98. The quantitative estimate of drug-likeness (QED) is 0.648. The third-order valence-corrected chi connectivity index (χ3v) is 5.55. The molecule has 3 heterocycles. The van der Waals surface area contributed by atoms with E-state index in [1.165, 1.54) is 5.56 Å². The van der Waals surface area contributed by atoms with Crippen molar-refractivity contribution >= 4 is 29.3 Å². The molecule has 1 aromatic carbocycles. The standard InChI is InChI=1S/C20H22N6OS/c1-25-11-9-18(24-25)26-10-5-8-16(20(26)27)22-17-12-21-13-19(23-17)28-14-15-6-3-2-4-7-15/h2-4,6-7,9,11-13,16H,5,8,10,14H2,1H3,(H,22,23). The summed E-state index contributed by atoms with van der Waals surface area (Å²) in [4.78, 5) is 23.5. The van der Waals surface area contributed by atoms with Crippen LogP contribution in [0.1, 0.15) is 18.4 Å². The molecule has 144 valence electrons. The molecule has 1 aliphatic rings. The summed E-state index contributed by atoms with van der Waals surface area (Å²) in [5, 5.41) is 8.45. The lowest BCUT2D eigenvalue weighted by Crippen LogP contribution is -2.48. The molecule has 1 saturated heterocycles. The van der Waals surface area contributed by atoms with Gasteiger partial charge in [-0.05, 0) is 18.4 Å². The van der Waals surface area contributed by atoms with E-state index >= 15 is 0 Å². The second-order valence-electron chi connectivity index (χ2n) is 6.69. The maximum Gasteiger partial charge on any atom is 0.250 e. The SMILES string of the molecule is Cn1ccc(N2CCCC(Nc3cncc(SCc4ccccc4)n3)C2=O)n1. The highest BCUT2D eigenvalue weighted by Crippen LogP contribution is 2.24. The minimum Gasteiger partial charge on any atom is -0.357 e. The molecule has 0 spiro atoms. The lowest BCUT2D eigenvalue weighted by molar-refractivity contribution is -0.120. The Morgan fingerprint density at radius 2 is 2.07 bits per heavy atom. The Labute approximate surface area is 168 Å². The van der Waals surface area contributed by atoms with Crippen LogP contribution < -0.4 is 10.2 Å². The van der Waals surface area contributed by atoms with Gasteiger partial charge < -0.3 is 5.32 Å². The number of nitrogens with zero attached hydrogens (tertiary/aromatic N) is 5. The monoisotopic (exact) mass is 394 g/mol. The van der Waals surface area contributed by atoms with Crippen LogP contribution >= 0.6 is 11.8 Å². The molecule has 4 rings (SSSR count). The van der Waals surface area contributed by atoms with Crippen LogP contribution in [0.4, 0.5) is 11.6 Å². The third kappa shape index (κ3) is 4.33. The van der Waals surface area contributed by atoms with Gasteiger partial charge >= 0.3 is 0 Å². The van der Waals surface area contributed by atoms with Gasteiger partial charge in [-0.15, -0.1) is 11.8 Å². The van der Waals surface area contributed by atoms with Gasteiger partial charge in [-0.25, -0.2) is 4.98 Å². The third-order valence-electron chi connectivity index (χ3n) is 4.58. The summed E-state index contributed by atoms with van der Waals surface area (Å²) in [5.74, 6) is 2.17. The molecule has 7 nitrogen and oxygen atoms in total. The van der Waals surface area contributed by atoms with Crippen molar-refractivity contribution in [2.24, 2.45) is 7.05 Å². The number of hydrogen-bond acceptors (Lipinski definition) is 6. The molecule has 1 unspecified atom stereocenters. The van der Waals surface area contributed by atoms with Crippen molar-refractivity contribution in [1.29, 1.82) is 0 Å². The number of amides is 1. The number of aromatic nitrogens is 4. The Hall–Kier alpha value is -2.87. The minimum atomic E-state index is -0.320. The molecule has 3 aromatic rings. The maximum absolute atomic E-state index is 12.9. The molecule has 1 amide bonds. The van der Waals surface area contributed by atoms with Gasteiger partial charge in [0.05, 0.1) is 12.4 Å². The number of benzene rings is 1. The Balaban J connectivity index is 1.41. The van der Waals surface area contributed by atoms with Crippen LogP contribution in [0.3, 0.4) is 0 Å². The van der Waals surface area contributed by atoms with Crippen LogP contribution in [0.2, 0.25) is 0 Å². The molecular weight excluding hydrogens is 372 g/mol. The molecule has 1 atom stereocenters. The number of carbonyl (C=O) groups is 1. The minimum absolute atomic E-state index is 0.0223. The van der Waals surface area contributed by atoms with Crippen LogP contribution in [0, 0.1) is 0 Å². The average molecular weight is 395 g/mol. The molecule has 1 aliphatic heterocycles. The average Bonchev–Trinajstić information content (AvgIpc) is 3.15. The number of rotatable bonds is 6. The molecular formula is C20H22N6OS. The first-order valence-corrected chi connectivity index (χ1v) is 10.2. The van der Waals surface area contributed by atoms with E-state index in [1.807, 2.05) is 37.5 Å². The highest BCUT2D eigenvalue weighted by Gasteiger charge is 2.31. The van der Waals surface area contributed by atoms with Gasteiger partial charge in [-0.3, -0.25) is 19.4 Å². The second kappa shape index (κ2) is 8.43. The van der Waals surface area contributed by atoms with Crippen LogP contribution in [0.25, 0.3) is 0 Å². The fraction of sp³-hybridized carbons (Fsp3) is 0.300. The van der Waals surface area contributed by atoms with Crippen LogP contribution in [0.5, 0.6) is 0 Å². The largest absolute Gasteiger partial charge is 0.357 e. The first kappa shape index (κ1) is 18.5. The van der Waals surface area contributed by atoms with Crippen molar-refractivity contribution in [3.8, 4) is 0 Å². The second-order valence-corrected chi connectivity index (χ2v) is 7.69. The van der Waals surface area contributed by atoms with E-state index in [9.17, 15) is 4.79 Å². The summed E-state index contributed by atoms with van der Waals surface area (Å²) in [6.45, 7) is 0.687. The van der Waals surface area contributed by atoms with Crippen molar-refractivity contribution in [2.75, 3.05) is 16.8 Å². The summed E-state index contributed by atoms with van der Waals surface area (Å²) < 4.78 is 1.71. The Morgan fingerprint density at radius 3 is 2.86 bits per heavy atom. The number of piperidine rings is 1. The normalized spacial score (nSPS) is 17.0. The van der Waals surface area contributed by atoms with Gasteiger partial charge in [-0.2, -0.15) is 5.10 Å². The van der Waals surface area contributed by atoms with E-state index in [1.54, 1.807) is 33.7 Å². The van der Waals surface area contributed by atoms with Crippen molar-refractivity contribution in [1.82, 2.24) is 19.7 Å². The predicted molar refractivity (Wildman–Crippen MR) is 110 cm³/mol. The maximum atomic E-state index is 12.9. The molecule has 0 saturated carbocycles. The van der Waals surface area contributed by atoms with E-state index < -0.39 is 0 Å². The summed E-state index contributed by atoms with van der Waals surface area (Å²) in [7, 11) is 1.85. The first-order valence-electron chi connectivity index (χ1n) is 9.25. The number of thioether (sulfide) groups is 1. The highest BCUT2D eigenvalue weighted by atomic mass is 32.2. The van der Waals surface area contributed by atoms with Gasteiger partial charge in [0.15, 0.2) is 5.82 Å². The number of carbonyl (C=O) groups excluding carboxylic acids is 1. The molecule has 0 aliphatic carbocycles. The molecule has 1 fully saturated rings. The zero-order valence-corrected chi connectivity index (χ0v) is 16.5. The summed E-state index contributed by atoms with van der Waals surface area (Å²) in [5.41, 5.74) is 1.24. The topological polar surface area (TPSA) is 75.9 Å². The van der Waals surface area contributed by atoms with Crippen molar-refractivity contribution in [3.05, 3.63) is 60.6 Å². The molecule has 1 N–H and O–H groups in total. The van der Waals surface area contributed by atoms with Crippen molar-refractivity contribution < 1.29 is 4.79 Å². The predicted octanol–water partition coefficient (Wildman–Crippen LogP) is 3.11.